The Bertz CT molecular complexity index is 249. The molecule has 0 saturated carbocycles. The lowest BCUT2D eigenvalue weighted by atomic mass is 10.3. The monoisotopic (exact) mass is 153 g/mol. The largest absolute Gasteiger partial charge is 0.226 e. The van der Waals surface area contributed by atoms with Gasteiger partial charge in [-0.1, -0.05) is 0 Å². The summed E-state index contributed by atoms with van der Waals surface area (Å²) in [6, 6.07) is 1.98. The molecule has 0 saturated heterocycles. The van der Waals surface area contributed by atoms with Gasteiger partial charge >= 0.3 is 0 Å². The molecule has 0 amide bonds. The molecule has 1 rings (SSSR count). The minimum Gasteiger partial charge on any atom is -0.226 e. The van der Waals surface area contributed by atoms with E-state index in [9.17, 15) is 0 Å². The molecular weight excluding hydrogens is 150 g/mol. The Morgan fingerprint density at radius 3 is 2.60 bits per heavy atom. The molecule has 10 heavy (non-hydrogen) atoms. The van der Waals surface area contributed by atoms with Crippen molar-refractivity contribution in [1.29, 1.82) is 5.26 Å². The number of rotatable bonds is 1. The fourth-order valence-corrected chi connectivity index (χ4v) is 0.619. The number of nitriles is 1. The molecule has 0 N–H and O–H groups in total. The highest BCUT2D eigenvalue weighted by atomic mass is 35.5. The number of hydrogen-bond acceptors (Lipinski definition) is 3. The molecule has 0 aliphatic rings. The molecule has 0 unspecified atom stereocenters. The molecule has 0 aromatic carbocycles. The van der Waals surface area contributed by atoms with Crippen LogP contribution in [-0.2, 0) is 6.42 Å². The van der Waals surface area contributed by atoms with Crippen molar-refractivity contribution in [2.24, 2.45) is 0 Å². The summed E-state index contributed by atoms with van der Waals surface area (Å²) in [6.45, 7) is 0. The normalized spacial score (nSPS) is 8.80. The van der Waals surface area contributed by atoms with E-state index in [1.165, 1.54) is 0 Å². The second-order valence-electron chi connectivity index (χ2n) is 1.70. The third-order valence-corrected chi connectivity index (χ3v) is 1.15. The second-order valence-corrected chi connectivity index (χ2v) is 2.03. The fourth-order valence-electron chi connectivity index (χ4n) is 0.522. The summed E-state index contributed by atoms with van der Waals surface area (Å²) in [6.07, 6.45) is 3.41. The Morgan fingerprint density at radius 1 is 1.50 bits per heavy atom. The van der Waals surface area contributed by atoms with Crippen LogP contribution in [0.5, 0.6) is 0 Å². The van der Waals surface area contributed by atoms with Crippen LogP contribution in [0, 0.1) is 11.3 Å². The Kier molecular flexibility index (Phi) is 2.19. The molecule has 0 aliphatic carbocycles. The number of halogens is 1. The van der Waals surface area contributed by atoms with E-state index in [0.29, 0.717) is 6.42 Å². The lowest BCUT2D eigenvalue weighted by Crippen LogP contribution is -1.86. The van der Waals surface area contributed by atoms with Crippen LogP contribution in [-0.4, -0.2) is 9.97 Å². The SMILES string of the molecule is N#CCc1cnc(Cl)nc1. The Morgan fingerprint density at radius 2 is 2.10 bits per heavy atom. The van der Waals surface area contributed by atoms with Crippen LogP contribution >= 0.6 is 11.6 Å². The van der Waals surface area contributed by atoms with Crippen LogP contribution in [0.1, 0.15) is 5.56 Å². The summed E-state index contributed by atoms with van der Waals surface area (Å²) < 4.78 is 0. The zero-order valence-corrected chi connectivity index (χ0v) is 5.84. The number of hydrogen-bond donors (Lipinski definition) is 0. The number of nitrogens with zero attached hydrogens (tertiary/aromatic N) is 3. The summed E-state index contributed by atoms with van der Waals surface area (Å²) in [5, 5.41) is 8.46. The van der Waals surface area contributed by atoms with Crippen LogP contribution in [0.2, 0.25) is 5.28 Å². The van der Waals surface area contributed by atoms with Crippen LogP contribution in [0.3, 0.4) is 0 Å². The van der Waals surface area contributed by atoms with E-state index in [1.807, 2.05) is 6.07 Å². The van der Waals surface area contributed by atoms with Gasteiger partial charge in [0.2, 0.25) is 5.28 Å². The maximum atomic E-state index is 8.25. The zero-order valence-electron chi connectivity index (χ0n) is 5.08. The van der Waals surface area contributed by atoms with E-state index < -0.39 is 0 Å². The molecule has 0 atom stereocenters. The van der Waals surface area contributed by atoms with Gasteiger partial charge in [0, 0.05) is 18.0 Å². The molecule has 0 aliphatic heterocycles. The van der Waals surface area contributed by atoms with Crippen LogP contribution < -0.4 is 0 Å². The molecule has 0 spiro atoms. The molecular formula is C6H4ClN3. The molecule has 1 aromatic heterocycles. The molecule has 3 nitrogen and oxygen atoms in total. The second kappa shape index (κ2) is 3.14. The third-order valence-electron chi connectivity index (χ3n) is 0.957. The average Bonchev–Trinajstić information content (AvgIpc) is 1.95. The minimum atomic E-state index is 0.210. The van der Waals surface area contributed by atoms with Crippen molar-refractivity contribution >= 4 is 11.6 Å². The quantitative estimate of drug-likeness (QED) is 0.570. The van der Waals surface area contributed by atoms with Crippen molar-refractivity contribution in [3.05, 3.63) is 23.2 Å². The van der Waals surface area contributed by atoms with Gasteiger partial charge in [-0.3, -0.25) is 0 Å². The minimum absolute atomic E-state index is 0.210. The van der Waals surface area contributed by atoms with E-state index in [2.05, 4.69) is 9.97 Å². The summed E-state index contributed by atoms with van der Waals surface area (Å²) in [5.74, 6) is 0. The van der Waals surface area contributed by atoms with Crippen molar-refractivity contribution in [2.75, 3.05) is 0 Å². The van der Waals surface area contributed by atoms with Crippen molar-refractivity contribution in [3.63, 3.8) is 0 Å². The van der Waals surface area contributed by atoms with Gasteiger partial charge in [0.05, 0.1) is 12.5 Å². The van der Waals surface area contributed by atoms with Gasteiger partial charge in [0.15, 0.2) is 0 Å². The highest BCUT2D eigenvalue weighted by molar-refractivity contribution is 6.28. The zero-order chi connectivity index (χ0) is 7.40. The predicted octanol–water partition coefficient (Wildman–Crippen LogP) is 1.20. The van der Waals surface area contributed by atoms with E-state index in [0.717, 1.165) is 5.56 Å². The summed E-state index contributed by atoms with van der Waals surface area (Å²) in [4.78, 5) is 7.40. The molecule has 0 fully saturated rings. The lowest BCUT2D eigenvalue weighted by Gasteiger charge is -1.90. The summed E-state index contributed by atoms with van der Waals surface area (Å²) >= 11 is 5.41. The fraction of sp³-hybridized carbons (Fsp3) is 0.167. The van der Waals surface area contributed by atoms with Gasteiger partial charge < -0.3 is 0 Å². The first kappa shape index (κ1) is 6.97. The molecule has 0 radical (unpaired) electrons. The standard InChI is InChI=1S/C6H4ClN3/c7-6-9-3-5(1-2-8)4-10-6/h3-4H,1H2. The number of aromatic nitrogens is 2. The lowest BCUT2D eigenvalue weighted by molar-refractivity contribution is 1.09. The average molecular weight is 154 g/mol. The van der Waals surface area contributed by atoms with E-state index in [4.69, 9.17) is 16.9 Å². The van der Waals surface area contributed by atoms with Crippen molar-refractivity contribution in [1.82, 2.24) is 9.97 Å². The summed E-state index contributed by atoms with van der Waals surface area (Å²) in [7, 11) is 0. The van der Waals surface area contributed by atoms with Crippen LogP contribution in [0.4, 0.5) is 0 Å². The Balaban J connectivity index is 2.81. The molecule has 1 heterocycles. The first-order valence-electron chi connectivity index (χ1n) is 2.66. The molecule has 4 heteroatoms. The predicted molar refractivity (Wildman–Crippen MR) is 36.4 cm³/mol. The third kappa shape index (κ3) is 1.67. The van der Waals surface area contributed by atoms with Crippen molar-refractivity contribution < 1.29 is 0 Å². The first-order valence-corrected chi connectivity index (χ1v) is 3.04. The first-order chi connectivity index (χ1) is 4.83. The Hall–Kier alpha value is -1.14. The van der Waals surface area contributed by atoms with E-state index >= 15 is 0 Å². The van der Waals surface area contributed by atoms with Gasteiger partial charge in [-0.15, -0.1) is 0 Å². The van der Waals surface area contributed by atoms with Gasteiger partial charge in [0.1, 0.15) is 0 Å². The van der Waals surface area contributed by atoms with Gasteiger partial charge in [-0.2, -0.15) is 5.26 Å². The molecule has 0 bridgehead atoms. The maximum Gasteiger partial charge on any atom is 0.222 e. The van der Waals surface area contributed by atoms with Crippen molar-refractivity contribution in [2.45, 2.75) is 6.42 Å². The molecule has 50 valence electrons. The van der Waals surface area contributed by atoms with Gasteiger partial charge in [0.25, 0.3) is 0 Å². The maximum absolute atomic E-state index is 8.25. The van der Waals surface area contributed by atoms with Crippen molar-refractivity contribution in [3.8, 4) is 6.07 Å². The Labute approximate surface area is 63.3 Å². The van der Waals surface area contributed by atoms with Gasteiger partial charge in [-0.25, -0.2) is 9.97 Å². The highest BCUT2D eigenvalue weighted by Crippen LogP contribution is 2.00. The van der Waals surface area contributed by atoms with Crippen LogP contribution in [0.25, 0.3) is 0 Å². The van der Waals surface area contributed by atoms with E-state index in [-0.39, 0.29) is 5.28 Å². The van der Waals surface area contributed by atoms with Crippen LogP contribution in [0.15, 0.2) is 12.4 Å². The topological polar surface area (TPSA) is 49.6 Å². The summed E-state index contributed by atoms with van der Waals surface area (Å²) in [5.41, 5.74) is 0.784. The molecule has 1 aromatic rings. The van der Waals surface area contributed by atoms with E-state index in [1.54, 1.807) is 12.4 Å². The van der Waals surface area contributed by atoms with Gasteiger partial charge in [-0.05, 0) is 11.6 Å². The highest BCUT2D eigenvalue weighted by Gasteiger charge is 1.91. The smallest absolute Gasteiger partial charge is 0.222 e.